The third-order valence-corrected chi connectivity index (χ3v) is 5.73. The molecule has 1 aromatic rings. The molecule has 1 nitrogen and oxygen atoms in total. The van der Waals surface area contributed by atoms with Crippen LogP contribution in [-0.4, -0.2) is 6.04 Å². The lowest BCUT2D eigenvalue weighted by Gasteiger charge is -2.20. The largest absolute Gasteiger partial charge is 0.380 e. The smallest absolute Gasteiger partial charge is 0.0631 e. The average molecular weight is 454 g/mol. The van der Waals surface area contributed by atoms with Crippen molar-refractivity contribution in [2.45, 2.75) is 51.5 Å². The lowest BCUT2D eigenvalue weighted by Crippen LogP contribution is -2.19. The van der Waals surface area contributed by atoms with Gasteiger partial charge in [0.15, 0.2) is 0 Å². The molecule has 2 rings (SSSR count). The fourth-order valence-electron chi connectivity index (χ4n) is 2.82. The van der Waals surface area contributed by atoms with E-state index in [9.17, 15) is 0 Å². The zero-order valence-electron chi connectivity index (χ0n) is 11.2. The second-order valence-corrected chi connectivity index (χ2v) is 7.99. The molecule has 1 saturated carbocycles. The predicted molar refractivity (Wildman–Crippen MR) is 93.8 cm³/mol. The van der Waals surface area contributed by atoms with Crippen LogP contribution in [0.4, 0.5) is 5.69 Å². The Morgan fingerprint density at radius 3 is 2.37 bits per heavy atom. The lowest BCUT2D eigenvalue weighted by molar-refractivity contribution is 0.444. The van der Waals surface area contributed by atoms with E-state index in [1.165, 1.54) is 44.2 Å². The van der Waals surface area contributed by atoms with Crippen molar-refractivity contribution in [1.82, 2.24) is 0 Å². The summed E-state index contributed by atoms with van der Waals surface area (Å²) < 4.78 is 3.32. The van der Waals surface area contributed by atoms with E-state index in [2.05, 4.69) is 72.2 Å². The van der Waals surface area contributed by atoms with E-state index in [1.807, 2.05) is 0 Å². The molecule has 2 atom stereocenters. The molecule has 0 aliphatic heterocycles. The number of hydrogen-bond donors (Lipinski definition) is 1. The van der Waals surface area contributed by atoms with E-state index >= 15 is 0 Å². The summed E-state index contributed by atoms with van der Waals surface area (Å²) in [5.74, 6) is 0.934. The summed E-state index contributed by atoms with van der Waals surface area (Å²) in [7, 11) is 0. The van der Waals surface area contributed by atoms with Crippen LogP contribution in [0.5, 0.6) is 0 Å². The second kappa shape index (κ2) is 7.46. The van der Waals surface area contributed by atoms with Gasteiger partial charge in [-0.1, -0.05) is 42.1 Å². The van der Waals surface area contributed by atoms with E-state index in [0.29, 0.717) is 6.04 Å². The molecule has 0 heterocycles. The Balaban J connectivity index is 2.05. The second-order valence-electron chi connectivity index (χ2n) is 5.37. The highest BCUT2D eigenvalue weighted by Crippen LogP contribution is 2.36. The van der Waals surface area contributed by atoms with E-state index in [4.69, 9.17) is 0 Å². The van der Waals surface area contributed by atoms with Crippen LogP contribution in [0.3, 0.4) is 0 Å². The van der Waals surface area contributed by atoms with Gasteiger partial charge in [-0.15, -0.1) is 0 Å². The molecule has 1 N–H and O–H groups in total. The van der Waals surface area contributed by atoms with Crippen molar-refractivity contribution < 1.29 is 0 Å². The summed E-state index contributed by atoms with van der Waals surface area (Å²) in [5, 5.41) is 3.71. The van der Waals surface area contributed by atoms with Crippen molar-refractivity contribution in [1.29, 1.82) is 0 Å². The summed E-state index contributed by atoms with van der Waals surface area (Å²) >= 11 is 10.8. The maximum Gasteiger partial charge on any atom is 0.0631 e. The fourth-order valence-corrected chi connectivity index (χ4v) is 5.30. The van der Waals surface area contributed by atoms with Gasteiger partial charge in [-0.3, -0.25) is 0 Å². The average Bonchev–Trinajstić information content (AvgIpc) is 2.58. The third kappa shape index (κ3) is 4.47. The van der Waals surface area contributed by atoms with E-state index in [1.54, 1.807) is 0 Å². The molecule has 106 valence electrons. The van der Waals surface area contributed by atoms with Gasteiger partial charge in [-0.2, -0.15) is 0 Å². The molecule has 1 aliphatic rings. The van der Waals surface area contributed by atoms with Gasteiger partial charge < -0.3 is 5.32 Å². The third-order valence-electron chi connectivity index (χ3n) is 4.02. The Morgan fingerprint density at radius 1 is 1.05 bits per heavy atom. The van der Waals surface area contributed by atoms with Gasteiger partial charge in [0, 0.05) is 19.5 Å². The minimum Gasteiger partial charge on any atom is -0.380 e. The maximum absolute atomic E-state index is 3.71. The van der Waals surface area contributed by atoms with Crippen LogP contribution in [0.1, 0.15) is 45.4 Å². The molecule has 1 aromatic carbocycles. The Hall–Kier alpha value is 0.460. The molecule has 0 saturated heterocycles. The molecule has 2 unspecified atom stereocenters. The molecule has 0 aromatic heterocycles. The summed E-state index contributed by atoms with van der Waals surface area (Å²) in [5.41, 5.74) is 1.18. The summed E-state index contributed by atoms with van der Waals surface area (Å²) in [6, 6.07) is 4.79. The van der Waals surface area contributed by atoms with Gasteiger partial charge in [0.25, 0.3) is 0 Å². The van der Waals surface area contributed by atoms with E-state index < -0.39 is 0 Å². The van der Waals surface area contributed by atoms with Crippen molar-refractivity contribution >= 4 is 53.5 Å². The molecule has 0 bridgehead atoms. The Bertz CT molecular complexity index is 410. The van der Waals surface area contributed by atoms with Gasteiger partial charge in [-0.05, 0) is 69.2 Å². The zero-order chi connectivity index (χ0) is 13.8. The normalized spacial score (nSPS) is 24.0. The first kappa shape index (κ1) is 15.8. The van der Waals surface area contributed by atoms with E-state index in [-0.39, 0.29) is 0 Å². The van der Waals surface area contributed by atoms with Crippen molar-refractivity contribution in [2.75, 3.05) is 5.32 Å². The predicted octanol–water partition coefficient (Wildman–Crippen LogP) is 6.74. The quantitative estimate of drug-likeness (QED) is 0.499. The minimum atomic E-state index is 0.602. The van der Waals surface area contributed by atoms with Crippen molar-refractivity contribution in [3.8, 4) is 0 Å². The number of hydrogen-bond acceptors (Lipinski definition) is 1. The van der Waals surface area contributed by atoms with Crippen LogP contribution in [0.25, 0.3) is 0 Å². The van der Waals surface area contributed by atoms with Crippen molar-refractivity contribution in [3.05, 3.63) is 25.6 Å². The highest BCUT2D eigenvalue weighted by Gasteiger charge is 2.19. The molecule has 4 heteroatoms. The Labute approximate surface area is 141 Å². The van der Waals surface area contributed by atoms with Crippen LogP contribution in [-0.2, 0) is 0 Å². The van der Waals surface area contributed by atoms with Gasteiger partial charge in [-0.25, -0.2) is 0 Å². The first-order chi connectivity index (χ1) is 9.10. The fraction of sp³-hybridized carbons (Fsp3) is 0.600. The van der Waals surface area contributed by atoms with Crippen LogP contribution in [0.2, 0.25) is 0 Å². The number of benzene rings is 1. The van der Waals surface area contributed by atoms with Crippen LogP contribution in [0.15, 0.2) is 25.6 Å². The summed E-state index contributed by atoms with van der Waals surface area (Å²) in [6.07, 6.45) is 8.01. The highest BCUT2D eigenvalue weighted by atomic mass is 79.9. The molecular formula is C15H20Br3N. The molecule has 1 fully saturated rings. The number of nitrogens with one attached hydrogen (secondary N) is 1. The van der Waals surface area contributed by atoms with Crippen LogP contribution >= 0.6 is 47.8 Å². The van der Waals surface area contributed by atoms with Gasteiger partial charge >= 0.3 is 0 Å². The zero-order valence-corrected chi connectivity index (χ0v) is 15.9. The van der Waals surface area contributed by atoms with Gasteiger partial charge in [0.2, 0.25) is 0 Å². The molecule has 0 spiro atoms. The van der Waals surface area contributed by atoms with Crippen molar-refractivity contribution in [3.63, 3.8) is 0 Å². The van der Waals surface area contributed by atoms with Gasteiger partial charge in [0.1, 0.15) is 0 Å². The molecule has 19 heavy (non-hydrogen) atoms. The first-order valence-electron chi connectivity index (χ1n) is 7.01. The molecule has 0 radical (unpaired) electrons. The SMILES string of the molecule is CCC1CCCC(Nc2c(Br)cc(Br)cc2Br)CC1. The number of rotatable bonds is 3. The Morgan fingerprint density at radius 2 is 1.74 bits per heavy atom. The number of halogens is 3. The van der Waals surface area contributed by atoms with Crippen LogP contribution in [0, 0.1) is 5.92 Å². The molecular weight excluding hydrogens is 434 g/mol. The minimum absolute atomic E-state index is 0.602. The lowest BCUT2D eigenvalue weighted by atomic mass is 9.98. The Kier molecular flexibility index (Phi) is 6.22. The van der Waals surface area contributed by atoms with Gasteiger partial charge in [0.05, 0.1) is 5.69 Å². The molecule has 0 amide bonds. The molecule has 1 aliphatic carbocycles. The van der Waals surface area contributed by atoms with Crippen molar-refractivity contribution in [2.24, 2.45) is 5.92 Å². The number of anilines is 1. The monoisotopic (exact) mass is 451 g/mol. The van der Waals surface area contributed by atoms with E-state index in [0.717, 1.165) is 19.3 Å². The summed E-state index contributed by atoms with van der Waals surface area (Å²) in [6.45, 7) is 2.32. The summed E-state index contributed by atoms with van der Waals surface area (Å²) in [4.78, 5) is 0. The van der Waals surface area contributed by atoms with Crippen LogP contribution < -0.4 is 5.32 Å². The highest BCUT2D eigenvalue weighted by molar-refractivity contribution is 9.11. The standard InChI is InChI=1S/C15H20Br3N/c1-2-10-4-3-5-12(7-6-10)19-15-13(17)8-11(16)9-14(15)18/h8-10,12,19H,2-7H2,1H3. The first-order valence-corrected chi connectivity index (χ1v) is 9.39. The topological polar surface area (TPSA) is 12.0 Å². The maximum atomic E-state index is 3.71.